The van der Waals surface area contributed by atoms with Crippen molar-refractivity contribution >= 4 is 11.7 Å². The van der Waals surface area contributed by atoms with Crippen LogP contribution in [-0.2, 0) is 13.0 Å². The fourth-order valence-corrected chi connectivity index (χ4v) is 4.02. The van der Waals surface area contributed by atoms with Crippen LogP contribution in [0.15, 0.2) is 84.9 Å². The molecule has 1 N–H and O–H groups in total. The van der Waals surface area contributed by atoms with Crippen molar-refractivity contribution in [2.45, 2.75) is 13.0 Å². The van der Waals surface area contributed by atoms with Crippen LogP contribution >= 0.6 is 0 Å². The van der Waals surface area contributed by atoms with Gasteiger partial charge in [0.1, 0.15) is 5.75 Å². The predicted octanol–water partition coefficient (Wildman–Crippen LogP) is 5.41. The van der Waals surface area contributed by atoms with Gasteiger partial charge in [-0.1, -0.05) is 48.5 Å². The van der Waals surface area contributed by atoms with Gasteiger partial charge >= 0.3 is 6.03 Å². The largest absolute Gasteiger partial charge is 0.497 e. The fourth-order valence-electron chi connectivity index (χ4n) is 4.02. The van der Waals surface area contributed by atoms with Crippen LogP contribution in [0.3, 0.4) is 0 Å². The lowest BCUT2D eigenvalue weighted by Gasteiger charge is -2.30. The third-order valence-electron chi connectivity index (χ3n) is 5.77. The normalized spacial score (nSPS) is 12.7. The van der Waals surface area contributed by atoms with Crippen LogP contribution in [0.1, 0.15) is 11.3 Å². The van der Waals surface area contributed by atoms with Crippen molar-refractivity contribution in [1.29, 1.82) is 0 Å². The van der Waals surface area contributed by atoms with Gasteiger partial charge in [-0.2, -0.15) is 0 Å². The minimum atomic E-state index is -0.120. The summed E-state index contributed by atoms with van der Waals surface area (Å²) in [5, 5.41) is 2.98. The van der Waals surface area contributed by atoms with E-state index in [1.165, 1.54) is 0 Å². The monoisotopic (exact) mass is 436 g/mol. The number of para-hydroxylation sites is 1. The Morgan fingerprint density at radius 3 is 2.27 bits per heavy atom. The number of fused-ring (bicyclic) bond motifs is 1. The zero-order valence-corrected chi connectivity index (χ0v) is 18.4. The van der Waals surface area contributed by atoms with Gasteiger partial charge in [0, 0.05) is 35.3 Å². The average Bonchev–Trinajstić information content (AvgIpc) is 2.89. The molecule has 33 heavy (non-hydrogen) atoms. The molecule has 5 rings (SSSR count). The molecular formula is C27H24N4O2. The van der Waals surface area contributed by atoms with Crippen molar-refractivity contribution in [1.82, 2.24) is 14.9 Å². The van der Waals surface area contributed by atoms with Crippen LogP contribution < -0.4 is 10.1 Å². The van der Waals surface area contributed by atoms with Crippen molar-refractivity contribution in [2.75, 3.05) is 19.0 Å². The highest BCUT2D eigenvalue weighted by atomic mass is 16.5. The van der Waals surface area contributed by atoms with Gasteiger partial charge in [-0.05, 0) is 36.4 Å². The van der Waals surface area contributed by atoms with Crippen molar-refractivity contribution in [3.63, 3.8) is 0 Å². The van der Waals surface area contributed by atoms with E-state index in [1.54, 1.807) is 7.11 Å². The number of methoxy groups -OCH3 is 1. The lowest BCUT2D eigenvalue weighted by molar-refractivity contribution is 0.206. The molecule has 0 fully saturated rings. The molecule has 2 amide bonds. The molecule has 0 spiro atoms. The minimum absolute atomic E-state index is 0.120. The van der Waals surface area contributed by atoms with Gasteiger partial charge in [0.25, 0.3) is 0 Å². The molecular weight excluding hydrogens is 412 g/mol. The maximum Gasteiger partial charge on any atom is 0.322 e. The van der Waals surface area contributed by atoms with Crippen LogP contribution in [0.25, 0.3) is 22.6 Å². The first kappa shape index (κ1) is 20.7. The summed E-state index contributed by atoms with van der Waals surface area (Å²) in [7, 11) is 1.65. The number of nitrogens with one attached hydrogen (secondary N) is 1. The summed E-state index contributed by atoms with van der Waals surface area (Å²) in [5.74, 6) is 1.47. The highest BCUT2D eigenvalue weighted by Gasteiger charge is 2.26. The third-order valence-corrected chi connectivity index (χ3v) is 5.77. The van der Waals surface area contributed by atoms with E-state index in [0.717, 1.165) is 39.5 Å². The Morgan fingerprint density at radius 2 is 1.58 bits per heavy atom. The zero-order valence-electron chi connectivity index (χ0n) is 18.4. The van der Waals surface area contributed by atoms with Crippen molar-refractivity contribution < 1.29 is 9.53 Å². The van der Waals surface area contributed by atoms with E-state index < -0.39 is 0 Å². The Balaban J connectivity index is 1.50. The van der Waals surface area contributed by atoms with Crippen molar-refractivity contribution in [2.24, 2.45) is 0 Å². The second-order valence-electron chi connectivity index (χ2n) is 7.88. The van der Waals surface area contributed by atoms with Crippen LogP contribution in [0.4, 0.5) is 10.5 Å². The molecule has 0 unspecified atom stereocenters. The van der Waals surface area contributed by atoms with Crippen LogP contribution in [0.5, 0.6) is 5.75 Å². The molecule has 1 aliphatic rings. The second kappa shape index (κ2) is 9.12. The molecule has 4 aromatic rings. The molecule has 0 saturated carbocycles. The van der Waals surface area contributed by atoms with Crippen LogP contribution in [0, 0.1) is 0 Å². The maximum absolute atomic E-state index is 12.9. The predicted molar refractivity (Wildman–Crippen MR) is 129 cm³/mol. The average molecular weight is 437 g/mol. The smallest absolute Gasteiger partial charge is 0.322 e. The van der Waals surface area contributed by atoms with Crippen molar-refractivity contribution in [3.05, 3.63) is 96.2 Å². The number of nitrogens with zero attached hydrogens (tertiary/aromatic N) is 3. The molecule has 1 aliphatic heterocycles. The van der Waals surface area contributed by atoms with Gasteiger partial charge in [0.15, 0.2) is 5.82 Å². The number of aromatic nitrogens is 2. The SMILES string of the molecule is COc1ccc(-c2nc3c(c(-c4ccccc4)n2)CN(C(=O)Nc2ccccc2)CC3)cc1. The first-order valence-electron chi connectivity index (χ1n) is 10.9. The maximum atomic E-state index is 12.9. The number of hydrogen-bond donors (Lipinski definition) is 1. The molecule has 1 aromatic heterocycles. The van der Waals surface area contributed by atoms with E-state index in [-0.39, 0.29) is 6.03 Å². The number of carbonyl (C=O) groups is 1. The molecule has 6 heteroatoms. The molecule has 0 radical (unpaired) electrons. The first-order chi connectivity index (χ1) is 16.2. The number of urea groups is 1. The minimum Gasteiger partial charge on any atom is -0.497 e. The van der Waals surface area contributed by atoms with Crippen LogP contribution in [-0.4, -0.2) is 34.6 Å². The van der Waals surface area contributed by atoms with Gasteiger partial charge in [0.05, 0.1) is 25.0 Å². The Bertz CT molecular complexity index is 1260. The fraction of sp³-hybridized carbons (Fsp3) is 0.148. The third kappa shape index (κ3) is 4.41. The summed E-state index contributed by atoms with van der Waals surface area (Å²) in [6.07, 6.45) is 0.670. The van der Waals surface area contributed by atoms with E-state index >= 15 is 0 Å². The van der Waals surface area contributed by atoms with Gasteiger partial charge in [0.2, 0.25) is 0 Å². The van der Waals surface area contributed by atoms with Gasteiger partial charge < -0.3 is 15.0 Å². The molecule has 6 nitrogen and oxygen atoms in total. The Hall–Kier alpha value is -4.19. The van der Waals surface area contributed by atoms with E-state index in [2.05, 4.69) is 5.32 Å². The van der Waals surface area contributed by atoms with E-state index in [0.29, 0.717) is 25.3 Å². The van der Waals surface area contributed by atoms with E-state index in [9.17, 15) is 4.79 Å². The molecule has 0 saturated heterocycles. The number of ether oxygens (including phenoxy) is 1. The number of rotatable bonds is 4. The molecule has 2 heterocycles. The Morgan fingerprint density at radius 1 is 0.879 bits per heavy atom. The number of amides is 2. The van der Waals surface area contributed by atoms with Crippen LogP contribution in [0.2, 0.25) is 0 Å². The molecule has 164 valence electrons. The second-order valence-corrected chi connectivity index (χ2v) is 7.88. The zero-order chi connectivity index (χ0) is 22.6. The number of hydrogen-bond acceptors (Lipinski definition) is 4. The number of anilines is 1. The lowest BCUT2D eigenvalue weighted by Crippen LogP contribution is -2.39. The van der Waals surface area contributed by atoms with Gasteiger partial charge in [-0.15, -0.1) is 0 Å². The summed E-state index contributed by atoms with van der Waals surface area (Å²) >= 11 is 0. The highest BCUT2D eigenvalue weighted by Crippen LogP contribution is 2.31. The summed E-state index contributed by atoms with van der Waals surface area (Å²) in [6.45, 7) is 1.06. The first-order valence-corrected chi connectivity index (χ1v) is 10.9. The molecule has 0 bridgehead atoms. The van der Waals surface area contributed by atoms with Gasteiger partial charge in [-0.25, -0.2) is 14.8 Å². The van der Waals surface area contributed by atoms with Gasteiger partial charge in [-0.3, -0.25) is 0 Å². The van der Waals surface area contributed by atoms with E-state index in [1.807, 2.05) is 89.8 Å². The Labute approximate surface area is 192 Å². The van der Waals surface area contributed by atoms with Crippen molar-refractivity contribution in [3.8, 4) is 28.4 Å². The molecule has 3 aromatic carbocycles. The van der Waals surface area contributed by atoms with E-state index in [4.69, 9.17) is 14.7 Å². The summed E-state index contributed by atoms with van der Waals surface area (Å²) in [5.41, 5.74) is 5.56. The highest BCUT2D eigenvalue weighted by molar-refractivity contribution is 5.89. The number of benzene rings is 3. The lowest BCUT2D eigenvalue weighted by atomic mass is 9.98. The quantitative estimate of drug-likeness (QED) is 0.465. The molecule has 0 atom stereocenters. The molecule has 0 aliphatic carbocycles. The number of carbonyl (C=O) groups excluding carboxylic acids is 1. The Kier molecular flexibility index (Phi) is 5.72. The summed E-state index contributed by atoms with van der Waals surface area (Å²) in [6, 6.07) is 27.2. The summed E-state index contributed by atoms with van der Waals surface area (Å²) < 4.78 is 5.28. The standard InChI is InChI=1S/C27H24N4O2/c1-33-22-14-12-20(13-15-22)26-29-24-16-17-31(27(32)28-21-10-6-3-7-11-21)18-23(24)25(30-26)19-8-4-2-5-9-19/h2-15H,16-18H2,1H3,(H,28,32). The summed E-state index contributed by atoms with van der Waals surface area (Å²) in [4.78, 5) is 24.6. The topological polar surface area (TPSA) is 67.4 Å².